The fourth-order valence-corrected chi connectivity index (χ4v) is 1.63. The van der Waals surface area contributed by atoms with Crippen LogP contribution in [-0.4, -0.2) is 4.98 Å². The predicted octanol–water partition coefficient (Wildman–Crippen LogP) is 3.32. The molecule has 2 N–H and O–H groups in total. The maximum absolute atomic E-state index is 12.3. The number of nitrogens with one attached hydrogen (secondary N) is 2. The summed E-state index contributed by atoms with van der Waals surface area (Å²) in [4.78, 5) is 2.94. The van der Waals surface area contributed by atoms with Gasteiger partial charge in [-0.05, 0) is 29.3 Å². The number of aromatic nitrogens is 1. The van der Waals surface area contributed by atoms with Crippen molar-refractivity contribution in [3.8, 4) is 0 Å². The van der Waals surface area contributed by atoms with Gasteiger partial charge in [-0.3, -0.25) is 0 Å². The average molecular weight is 254 g/mol. The molecular weight excluding hydrogens is 241 g/mol. The van der Waals surface area contributed by atoms with Crippen molar-refractivity contribution in [1.82, 2.24) is 10.3 Å². The minimum Gasteiger partial charge on any atom is -0.367 e. The first-order chi connectivity index (χ1) is 8.55. The SMILES string of the molecule is FC(F)(F)c1ccc(CNCc2cc[nH]c2)cc1. The Hall–Kier alpha value is -1.75. The third-order valence-electron chi connectivity index (χ3n) is 2.60. The van der Waals surface area contributed by atoms with Crippen LogP contribution in [0.3, 0.4) is 0 Å². The summed E-state index contributed by atoms with van der Waals surface area (Å²) in [6, 6.07) is 7.14. The summed E-state index contributed by atoms with van der Waals surface area (Å²) in [6.45, 7) is 1.23. The third-order valence-corrected chi connectivity index (χ3v) is 2.60. The van der Waals surface area contributed by atoms with Crippen LogP contribution in [0.1, 0.15) is 16.7 Å². The van der Waals surface area contributed by atoms with E-state index in [1.54, 1.807) is 0 Å². The number of aromatic amines is 1. The maximum atomic E-state index is 12.3. The van der Waals surface area contributed by atoms with Gasteiger partial charge in [0.15, 0.2) is 0 Å². The molecule has 5 heteroatoms. The highest BCUT2D eigenvalue weighted by Gasteiger charge is 2.29. The molecule has 1 aromatic heterocycles. The molecule has 18 heavy (non-hydrogen) atoms. The van der Waals surface area contributed by atoms with Crippen molar-refractivity contribution in [3.05, 3.63) is 59.4 Å². The Labute approximate surface area is 103 Å². The van der Waals surface area contributed by atoms with E-state index in [2.05, 4.69) is 10.3 Å². The van der Waals surface area contributed by atoms with Crippen molar-refractivity contribution in [2.45, 2.75) is 19.3 Å². The van der Waals surface area contributed by atoms with Crippen molar-refractivity contribution in [1.29, 1.82) is 0 Å². The zero-order valence-corrected chi connectivity index (χ0v) is 9.59. The second-order valence-electron chi connectivity index (χ2n) is 4.02. The first-order valence-electron chi connectivity index (χ1n) is 5.54. The van der Waals surface area contributed by atoms with Gasteiger partial charge >= 0.3 is 6.18 Å². The highest BCUT2D eigenvalue weighted by atomic mass is 19.4. The van der Waals surface area contributed by atoms with E-state index in [0.717, 1.165) is 23.3 Å². The lowest BCUT2D eigenvalue weighted by atomic mass is 10.1. The molecule has 2 rings (SSSR count). The normalized spacial score (nSPS) is 11.7. The zero-order chi connectivity index (χ0) is 13.0. The van der Waals surface area contributed by atoms with E-state index in [1.807, 2.05) is 18.5 Å². The number of hydrogen-bond acceptors (Lipinski definition) is 1. The number of rotatable bonds is 4. The number of hydrogen-bond donors (Lipinski definition) is 2. The van der Waals surface area contributed by atoms with Crippen molar-refractivity contribution < 1.29 is 13.2 Å². The Morgan fingerprint density at radius 1 is 0.944 bits per heavy atom. The molecular formula is C13H13F3N2. The molecule has 0 amide bonds. The van der Waals surface area contributed by atoms with E-state index in [0.29, 0.717) is 13.1 Å². The minimum atomic E-state index is -4.27. The van der Waals surface area contributed by atoms with Gasteiger partial charge < -0.3 is 10.3 Å². The Morgan fingerprint density at radius 2 is 1.61 bits per heavy atom. The summed E-state index contributed by atoms with van der Waals surface area (Å²) in [6.07, 6.45) is -0.564. The highest BCUT2D eigenvalue weighted by molar-refractivity contribution is 5.24. The minimum absolute atomic E-state index is 0.545. The monoisotopic (exact) mass is 254 g/mol. The summed E-state index contributed by atoms with van der Waals surface area (Å²) in [5.74, 6) is 0. The van der Waals surface area contributed by atoms with Crippen LogP contribution in [0.2, 0.25) is 0 Å². The summed E-state index contributed by atoms with van der Waals surface area (Å²) < 4.78 is 37.0. The van der Waals surface area contributed by atoms with Gasteiger partial charge in [0.25, 0.3) is 0 Å². The predicted molar refractivity (Wildman–Crippen MR) is 62.8 cm³/mol. The van der Waals surface area contributed by atoms with Crippen LogP contribution in [0.4, 0.5) is 13.2 Å². The lowest BCUT2D eigenvalue weighted by Gasteiger charge is -2.08. The highest BCUT2D eigenvalue weighted by Crippen LogP contribution is 2.28. The van der Waals surface area contributed by atoms with Crippen molar-refractivity contribution >= 4 is 0 Å². The molecule has 2 nitrogen and oxygen atoms in total. The molecule has 0 saturated carbocycles. The third kappa shape index (κ3) is 3.37. The molecule has 0 atom stereocenters. The number of alkyl halides is 3. The maximum Gasteiger partial charge on any atom is 0.416 e. The molecule has 96 valence electrons. The Bertz CT molecular complexity index is 472. The summed E-state index contributed by atoms with van der Waals surface area (Å²) >= 11 is 0. The second kappa shape index (κ2) is 5.27. The number of halogens is 3. The van der Waals surface area contributed by atoms with E-state index < -0.39 is 11.7 Å². The van der Waals surface area contributed by atoms with Crippen LogP contribution < -0.4 is 5.32 Å². The van der Waals surface area contributed by atoms with Gasteiger partial charge in [0.1, 0.15) is 0 Å². The van der Waals surface area contributed by atoms with Crippen LogP contribution in [0.25, 0.3) is 0 Å². The lowest BCUT2D eigenvalue weighted by molar-refractivity contribution is -0.137. The van der Waals surface area contributed by atoms with Crippen LogP contribution in [0.15, 0.2) is 42.7 Å². The quantitative estimate of drug-likeness (QED) is 0.860. The molecule has 0 unspecified atom stereocenters. The number of benzene rings is 1. The average Bonchev–Trinajstić information content (AvgIpc) is 2.82. The molecule has 0 spiro atoms. The first kappa shape index (κ1) is 12.7. The van der Waals surface area contributed by atoms with Gasteiger partial charge in [-0.25, -0.2) is 0 Å². The Morgan fingerprint density at radius 3 is 2.17 bits per heavy atom. The molecule has 1 aromatic carbocycles. The fourth-order valence-electron chi connectivity index (χ4n) is 1.63. The second-order valence-corrected chi connectivity index (χ2v) is 4.02. The summed E-state index contributed by atoms with van der Waals surface area (Å²) in [5.41, 5.74) is 1.33. The summed E-state index contributed by atoms with van der Waals surface area (Å²) in [5, 5.41) is 3.16. The molecule has 0 bridgehead atoms. The van der Waals surface area contributed by atoms with Gasteiger partial charge in [-0.1, -0.05) is 12.1 Å². The largest absolute Gasteiger partial charge is 0.416 e. The summed E-state index contributed by atoms with van der Waals surface area (Å²) in [7, 11) is 0. The molecule has 0 fully saturated rings. The van der Waals surface area contributed by atoms with E-state index in [9.17, 15) is 13.2 Å². The van der Waals surface area contributed by atoms with Gasteiger partial charge in [0.05, 0.1) is 5.56 Å². The van der Waals surface area contributed by atoms with Crippen molar-refractivity contribution in [2.75, 3.05) is 0 Å². The van der Waals surface area contributed by atoms with Crippen LogP contribution in [-0.2, 0) is 19.3 Å². The van der Waals surface area contributed by atoms with Crippen LogP contribution in [0.5, 0.6) is 0 Å². The molecule has 1 heterocycles. The van der Waals surface area contributed by atoms with E-state index in [1.165, 1.54) is 12.1 Å². The molecule has 2 aromatic rings. The number of H-pyrrole nitrogens is 1. The molecule has 0 aliphatic heterocycles. The molecule has 0 radical (unpaired) electrons. The topological polar surface area (TPSA) is 27.8 Å². The fraction of sp³-hybridized carbons (Fsp3) is 0.231. The Kier molecular flexibility index (Phi) is 3.72. The van der Waals surface area contributed by atoms with Gasteiger partial charge in [0.2, 0.25) is 0 Å². The van der Waals surface area contributed by atoms with Gasteiger partial charge in [-0.2, -0.15) is 13.2 Å². The van der Waals surface area contributed by atoms with Gasteiger partial charge in [-0.15, -0.1) is 0 Å². The van der Waals surface area contributed by atoms with Crippen molar-refractivity contribution in [3.63, 3.8) is 0 Å². The van der Waals surface area contributed by atoms with Crippen LogP contribution >= 0.6 is 0 Å². The zero-order valence-electron chi connectivity index (χ0n) is 9.59. The van der Waals surface area contributed by atoms with Crippen molar-refractivity contribution in [2.24, 2.45) is 0 Å². The smallest absolute Gasteiger partial charge is 0.367 e. The van der Waals surface area contributed by atoms with E-state index in [-0.39, 0.29) is 0 Å². The van der Waals surface area contributed by atoms with E-state index in [4.69, 9.17) is 0 Å². The molecule has 0 aliphatic carbocycles. The molecule has 0 saturated heterocycles. The van der Waals surface area contributed by atoms with Gasteiger partial charge in [0, 0.05) is 25.5 Å². The first-order valence-corrected chi connectivity index (χ1v) is 5.54. The Balaban J connectivity index is 1.87. The lowest BCUT2D eigenvalue weighted by Crippen LogP contribution is -2.12. The molecule has 0 aliphatic rings. The standard InChI is InChI=1S/C13H13F3N2/c14-13(15,16)12-3-1-10(2-4-12)7-18-9-11-5-6-17-8-11/h1-6,8,17-18H,7,9H2. The van der Waals surface area contributed by atoms with E-state index >= 15 is 0 Å². The van der Waals surface area contributed by atoms with Crippen LogP contribution in [0, 0.1) is 0 Å².